The minimum absolute atomic E-state index is 0.129. The van der Waals surface area contributed by atoms with E-state index in [1.54, 1.807) is 18.2 Å². The maximum Gasteiger partial charge on any atom is 0.275 e. The number of carbonyl (C=O) groups is 1. The van der Waals surface area contributed by atoms with Crippen molar-refractivity contribution in [1.29, 1.82) is 0 Å². The fraction of sp³-hybridized carbons (Fsp3) is 0.267. The summed E-state index contributed by atoms with van der Waals surface area (Å²) in [7, 11) is 0. The number of rotatable bonds is 2. The first-order valence-electron chi connectivity index (χ1n) is 6.48. The Morgan fingerprint density at radius 2 is 1.82 bits per heavy atom. The van der Waals surface area contributed by atoms with Gasteiger partial charge in [-0.05, 0) is 18.2 Å². The van der Waals surface area contributed by atoms with Gasteiger partial charge in [0.1, 0.15) is 5.69 Å². The lowest BCUT2D eigenvalue weighted by Gasteiger charge is -2.18. The molecule has 0 spiro atoms. The summed E-state index contributed by atoms with van der Waals surface area (Å²) in [5, 5.41) is 3.65. The lowest BCUT2D eigenvalue weighted by molar-refractivity contribution is 0.102. The van der Waals surface area contributed by atoms with E-state index in [0.29, 0.717) is 21.4 Å². The number of aromatic nitrogens is 2. The van der Waals surface area contributed by atoms with Crippen molar-refractivity contribution in [2.45, 2.75) is 26.2 Å². The van der Waals surface area contributed by atoms with Crippen molar-refractivity contribution in [1.82, 2.24) is 9.97 Å². The molecule has 116 valence electrons. The normalized spacial score (nSPS) is 11.4. The van der Waals surface area contributed by atoms with E-state index >= 15 is 0 Å². The molecule has 0 fully saturated rings. The maximum absolute atomic E-state index is 12.2. The van der Waals surface area contributed by atoms with E-state index in [2.05, 4.69) is 15.3 Å². The van der Waals surface area contributed by atoms with Gasteiger partial charge in [0.25, 0.3) is 5.91 Å². The molecule has 0 aliphatic rings. The van der Waals surface area contributed by atoms with Crippen LogP contribution in [0.5, 0.6) is 0 Å². The quantitative estimate of drug-likeness (QED) is 0.823. The number of nitrogens with zero attached hydrogens (tertiary/aromatic N) is 2. The predicted octanol–water partition coefficient (Wildman–Crippen LogP) is 4.99. The zero-order valence-electron chi connectivity index (χ0n) is 12.2. The largest absolute Gasteiger partial charge is 0.321 e. The first-order valence-corrected chi connectivity index (χ1v) is 7.61. The molecule has 1 N–H and O–H groups in total. The van der Waals surface area contributed by atoms with Crippen LogP contribution in [-0.4, -0.2) is 15.9 Å². The summed E-state index contributed by atoms with van der Waals surface area (Å²) in [6.07, 6.45) is 1.40. The molecule has 1 heterocycles. The van der Waals surface area contributed by atoms with Crippen LogP contribution in [0.15, 0.2) is 24.4 Å². The molecule has 0 aliphatic carbocycles. The number of benzene rings is 1. The number of anilines is 1. The van der Waals surface area contributed by atoms with Crippen molar-refractivity contribution >= 4 is 46.4 Å². The summed E-state index contributed by atoms with van der Waals surface area (Å²) < 4.78 is 0. The van der Waals surface area contributed by atoms with E-state index in [1.165, 1.54) is 6.20 Å². The van der Waals surface area contributed by atoms with Crippen molar-refractivity contribution in [2.75, 3.05) is 5.32 Å². The molecule has 0 aliphatic heterocycles. The lowest BCUT2D eigenvalue weighted by atomic mass is 9.92. The van der Waals surface area contributed by atoms with Gasteiger partial charge < -0.3 is 5.32 Å². The Kier molecular flexibility index (Phi) is 4.95. The highest BCUT2D eigenvalue weighted by atomic mass is 35.5. The molecule has 0 atom stereocenters. The van der Waals surface area contributed by atoms with Crippen molar-refractivity contribution < 1.29 is 4.79 Å². The molecular formula is C15H14Cl3N3O. The van der Waals surface area contributed by atoms with Gasteiger partial charge in [0.2, 0.25) is 0 Å². The van der Waals surface area contributed by atoms with E-state index in [1.807, 2.05) is 20.8 Å². The van der Waals surface area contributed by atoms with Crippen molar-refractivity contribution in [3.8, 4) is 0 Å². The number of amides is 1. The standard InChI is InChI=1S/C15H14Cl3N3O/c1-15(2,3)12-13(18)21-11(7-19-12)14(22)20-8-4-5-9(16)10(17)6-8/h4-7H,1-3H3,(H,20,22). The van der Waals surface area contributed by atoms with Gasteiger partial charge >= 0.3 is 0 Å². The molecule has 0 unspecified atom stereocenters. The summed E-state index contributed by atoms with van der Waals surface area (Å²) in [6.45, 7) is 5.91. The van der Waals surface area contributed by atoms with E-state index in [0.717, 1.165) is 0 Å². The van der Waals surface area contributed by atoms with E-state index in [-0.39, 0.29) is 16.3 Å². The van der Waals surface area contributed by atoms with E-state index in [4.69, 9.17) is 34.8 Å². The van der Waals surface area contributed by atoms with E-state index in [9.17, 15) is 4.79 Å². The van der Waals surface area contributed by atoms with Crippen LogP contribution in [0.1, 0.15) is 37.0 Å². The molecule has 2 rings (SSSR count). The SMILES string of the molecule is CC(C)(C)c1ncc(C(=O)Nc2ccc(Cl)c(Cl)c2)nc1Cl. The predicted molar refractivity (Wildman–Crippen MR) is 90.2 cm³/mol. The first kappa shape index (κ1) is 17.0. The van der Waals surface area contributed by atoms with Crippen LogP contribution in [0, 0.1) is 0 Å². The average Bonchev–Trinajstić information content (AvgIpc) is 2.41. The Morgan fingerprint density at radius 3 is 2.36 bits per heavy atom. The zero-order valence-corrected chi connectivity index (χ0v) is 14.5. The summed E-state index contributed by atoms with van der Waals surface area (Å²) in [5.41, 5.74) is 1.03. The van der Waals surface area contributed by atoms with E-state index < -0.39 is 5.91 Å². The van der Waals surface area contributed by atoms with Crippen LogP contribution >= 0.6 is 34.8 Å². The summed E-state index contributed by atoms with van der Waals surface area (Å²) in [6, 6.07) is 4.80. The topological polar surface area (TPSA) is 54.9 Å². The summed E-state index contributed by atoms with van der Waals surface area (Å²) in [5.74, 6) is -0.423. The molecule has 0 radical (unpaired) electrons. The van der Waals surface area contributed by atoms with Crippen LogP contribution in [0.25, 0.3) is 0 Å². The van der Waals surface area contributed by atoms with Gasteiger partial charge in [0.05, 0.1) is 21.9 Å². The number of nitrogens with one attached hydrogen (secondary N) is 1. The molecule has 1 aromatic heterocycles. The van der Waals surface area contributed by atoms with Crippen molar-refractivity contribution in [2.24, 2.45) is 0 Å². The van der Waals surface area contributed by atoms with Crippen LogP contribution in [0.3, 0.4) is 0 Å². The lowest BCUT2D eigenvalue weighted by Crippen LogP contribution is -2.19. The van der Waals surface area contributed by atoms with Crippen molar-refractivity contribution in [3.05, 3.63) is 51.0 Å². The highest BCUT2D eigenvalue weighted by molar-refractivity contribution is 6.42. The molecule has 1 aromatic carbocycles. The van der Waals surface area contributed by atoms with Gasteiger partial charge in [0, 0.05) is 11.1 Å². The minimum Gasteiger partial charge on any atom is -0.321 e. The van der Waals surface area contributed by atoms with Gasteiger partial charge in [-0.2, -0.15) is 0 Å². The van der Waals surface area contributed by atoms with Crippen LogP contribution in [-0.2, 0) is 5.41 Å². The molecule has 0 saturated heterocycles. The third-order valence-corrected chi connectivity index (χ3v) is 3.85. The van der Waals surface area contributed by atoms with Crippen LogP contribution in [0.4, 0.5) is 5.69 Å². The van der Waals surface area contributed by atoms with Gasteiger partial charge in [-0.15, -0.1) is 0 Å². The fourth-order valence-electron chi connectivity index (χ4n) is 1.75. The van der Waals surface area contributed by atoms with Gasteiger partial charge in [-0.25, -0.2) is 4.98 Å². The second-order valence-corrected chi connectivity index (χ2v) is 6.90. The molecule has 0 bridgehead atoms. The average molecular weight is 359 g/mol. The third-order valence-electron chi connectivity index (χ3n) is 2.85. The monoisotopic (exact) mass is 357 g/mol. The fourth-order valence-corrected chi connectivity index (χ4v) is 2.47. The second-order valence-electron chi connectivity index (χ2n) is 5.73. The molecule has 2 aromatic rings. The third kappa shape index (κ3) is 3.88. The first-order chi connectivity index (χ1) is 10.2. The maximum atomic E-state index is 12.2. The Labute approximate surface area is 143 Å². The smallest absolute Gasteiger partial charge is 0.275 e. The number of hydrogen-bond donors (Lipinski definition) is 1. The Hall–Kier alpha value is -1.36. The molecule has 4 nitrogen and oxygen atoms in total. The highest BCUT2D eigenvalue weighted by Gasteiger charge is 2.21. The number of hydrogen-bond acceptors (Lipinski definition) is 3. The second kappa shape index (κ2) is 6.41. The highest BCUT2D eigenvalue weighted by Crippen LogP contribution is 2.27. The van der Waals surface area contributed by atoms with Gasteiger partial charge in [-0.1, -0.05) is 55.6 Å². The van der Waals surface area contributed by atoms with Crippen LogP contribution in [0.2, 0.25) is 15.2 Å². The zero-order chi connectivity index (χ0) is 16.5. The molecule has 7 heteroatoms. The van der Waals surface area contributed by atoms with Crippen molar-refractivity contribution in [3.63, 3.8) is 0 Å². The number of halogens is 3. The molecule has 1 amide bonds. The summed E-state index contributed by atoms with van der Waals surface area (Å²) >= 11 is 17.9. The van der Waals surface area contributed by atoms with Gasteiger partial charge in [-0.3, -0.25) is 9.78 Å². The molecule has 22 heavy (non-hydrogen) atoms. The molecule has 0 saturated carbocycles. The van der Waals surface area contributed by atoms with Gasteiger partial charge in [0.15, 0.2) is 5.15 Å². The number of carbonyl (C=O) groups excluding carboxylic acids is 1. The van der Waals surface area contributed by atoms with Crippen LogP contribution < -0.4 is 5.32 Å². The minimum atomic E-state index is -0.423. The Balaban J connectivity index is 2.23. The molecular weight excluding hydrogens is 345 g/mol. The summed E-state index contributed by atoms with van der Waals surface area (Å²) in [4.78, 5) is 20.5. The Bertz CT molecular complexity index is 726. The Morgan fingerprint density at radius 1 is 1.14 bits per heavy atom.